The minimum absolute atomic E-state index is 0.158. The van der Waals surface area contributed by atoms with Crippen LogP contribution in [0.4, 0.5) is 0 Å². The van der Waals surface area contributed by atoms with Crippen LogP contribution in [0.15, 0.2) is 0 Å². The minimum atomic E-state index is -0.972. The first-order chi connectivity index (χ1) is 6.03. The molecule has 0 aromatic carbocycles. The van der Waals surface area contributed by atoms with E-state index in [1.807, 2.05) is 0 Å². The van der Waals surface area contributed by atoms with Crippen LogP contribution in [-0.2, 0) is 19.1 Å². The summed E-state index contributed by atoms with van der Waals surface area (Å²) in [5.74, 6) is -1.01. The summed E-state index contributed by atoms with van der Waals surface area (Å²) in [5.41, 5.74) is -0.972. The molecule has 1 saturated carbocycles. The number of Topliss-reactive ketones (excluding diaryl/α,β-unsaturated/α-hetero) is 2. The summed E-state index contributed by atoms with van der Waals surface area (Å²) < 4.78 is 4.51. The third kappa shape index (κ3) is 1.76. The van der Waals surface area contributed by atoms with E-state index in [0.717, 1.165) is 0 Å². The van der Waals surface area contributed by atoms with Crippen molar-refractivity contribution < 1.29 is 19.1 Å². The summed E-state index contributed by atoms with van der Waals surface area (Å²) in [4.78, 5) is 33.2. The maximum Gasteiger partial charge on any atom is 0.319 e. The van der Waals surface area contributed by atoms with Crippen LogP contribution in [0.2, 0.25) is 0 Å². The van der Waals surface area contributed by atoms with Crippen molar-refractivity contribution in [2.75, 3.05) is 7.11 Å². The Labute approximate surface area is 76.3 Å². The van der Waals surface area contributed by atoms with Crippen molar-refractivity contribution in [2.24, 2.45) is 5.41 Å². The Morgan fingerprint density at radius 3 is 2.15 bits per heavy atom. The number of carbonyl (C=O) groups is 3. The molecule has 0 atom stereocenters. The van der Waals surface area contributed by atoms with Gasteiger partial charge in [-0.2, -0.15) is 0 Å². The Kier molecular flexibility index (Phi) is 2.50. The second-order valence-corrected chi connectivity index (χ2v) is 3.38. The van der Waals surface area contributed by atoms with Crippen LogP contribution in [0.25, 0.3) is 0 Å². The first-order valence-electron chi connectivity index (χ1n) is 4.14. The molecule has 1 rings (SSSR count). The number of ketones is 2. The molecule has 0 spiro atoms. The molecule has 0 radical (unpaired) electrons. The molecule has 72 valence electrons. The molecule has 4 nitrogen and oxygen atoms in total. The molecule has 0 bridgehead atoms. The number of ether oxygens (including phenoxy) is 1. The Hall–Kier alpha value is -1.19. The van der Waals surface area contributed by atoms with Gasteiger partial charge in [-0.1, -0.05) is 0 Å². The van der Waals surface area contributed by atoms with Gasteiger partial charge in [0.1, 0.15) is 11.2 Å². The predicted octanol–water partition coefficient (Wildman–Crippen LogP) is 0.488. The summed E-state index contributed by atoms with van der Waals surface area (Å²) in [5, 5.41) is 0. The zero-order chi connectivity index (χ0) is 10.1. The monoisotopic (exact) mass is 184 g/mol. The molecule has 0 aromatic heterocycles. The van der Waals surface area contributed by atoms with Crippen molar-refractivity contribution in [1.82, 2.24) is 0 Å². The molecule has 0 saturated heterocycles. The molecule has 0 N–H and O–H groups in total. The van der Waals surface area contributed by atoms with E-state index in [9.17, 15) is 14.4 Å². The first kappa shape index (κ1) is 9.89. The summed E-state index contributed by atoms with van der Waals surface area (Å²) in [6.45, 7) is 1.34. The standard InChI is InChI=1S/C9H12O4/c1-6(10)5-7(11)9(3-4-9)8(12)13-2/h3-5H2,1-2H3. The van der Waals surface area contributed by atoms with Gasteiger partial charge in [0.15, 0.2) is 5.78 Å². The maximum absolute atomic E-state index is 11.4. The van der Waals surface area contributed by atoms with Crippen LogP contribution in [-0.4, -0.2) is 24.6 Å². The lowest BCUT2D eigenvalue weighted by molar-refractivity contribution is -0.151. The highest BCUT2D eigenvalue weighted by Crippen LogP contribution is 2.48. The number of carbonyl (C=O) groups excluding carboxylic acids is 3. The second kappa shape index (κ2) is 3.28. The molecule has 1 fully saturated rings. The van der Waals surface area contributed by atoms with E-state index in [4.69, 9.17) is 0 Å². The van der Waals surface area contributed by atoms with E-state index in [2.05, 4.69) is 4.74 Å². The van der Waals surface area contributed by atoms with E-state index >= 15 is 0 Å². The van der Waals surface area contributed by atoms with Crippen molar-refractivity contribution >= 4 is 17.5 Å². The first-order valence-corrected chi connectivity index (χ1v) is 4.14. The van der Waals surface area contributed by atoms with E-state index in [-0.39, 0.29) is 18.0 Å². The minimum Gasteiger partial charge on any atom is -0.468 e. The molecule has 0 unspecified atom stereocenters. The van der Waals surface area contributed by atoms with Crippen LogP contribution in [0, 0.1) is 5.41 Å². The summed E-state index contributed by atoms with van der Waals surface area (Å²) in [7, 11) is 1.25. The van der Waals surface area contributed by atoms with E-state index < -0.39 is 11.4 Å². The fraction of sp³-hybridized carbons (Fsp3) is 0.667. The molecule has 0 amide bonds. The van der Waals surface area contributed by atoms with Gasteiger partial charge in [-0.3, -0.25) is 14.4 Å². The van der Waals surface area contributed by atoms with Crippen LogP contribution in [0.1, 0.15) is 26.2 Å². The summed E-state index contributed by atoms with van der Waals surface area (Å²) in [6, 6.07) is 0. The van der Waals surface area contributed by atoms with Gasteiger partial charge in [0, 0.05) is 0 Å². The number of hydrogen-bond donors (Lipinski definition) is 0. The SMILES string of the molecule is COC(=O)C1(C(=O)CC(C)=O)CC1. The highest BCUT2D eigenvalue weighted by Gasteiger charge is 2.57. The fourth-order valence-corrected chi connectivity index (χ4v) is 1.31. The van der Waals surface area contributed by atoms with E-state index in [1.165, 1.54) is 14.0 Å². The smallest absolute Gasteiger partial charge is 0.319 e. The zero-order valence-corrected chi connectivity index (χ0v) is 7.75. The van der Waals surface area contributed by atoms with Crippen molar-refractivity contribution in [3.63, 3.8) is 0 Å². The third-order valence-corrected chi connectivity index (χ3v) is 2.27. The van der Waals surface area contributed by atoms with Crippen LogP contribution >= 0.6 is 0 Å². The molecule has 1 aliphatic carbocycles. The van der Waals surface area contributed by atoms with Crippen molar-refractivity contribution in [3.8, 4) is 0 Å². The van der Waals surface area contributed by atoms with Crippen molar-refractivity contribution in [3.05, 3.63) is 0 Å². The Morgan fingerprint density at radius 1 is 1.31 bits per heavy atom. The van der Waals surface area contributed by atoms with Crippen LogP contribution in [0.5, 0.6) is 0 Å². The van der Waals surface area contributed by atoms with Gasteiger partial charge in [-0.15, -0.1) is 0 Å². The summed E-state index contributed by atoms with van der Waals surface area (Å²) >= 11 is 0. The van der Waals surface area contributed by atoms with Gasteiger partial charge < -0.3 is 4.74 Å². The Balaban J connectivity index is 2.65. The van der Waals surface area contributed by atoms with Crippen molar-refractivity contribution in [1.29, 1.82) is 0 Å². The van der Waals surface area contributed by atoms with Crippen LogP contribution < -0.4 is 0 Å². The van der Waals surface area contributed by atoms with Gasteiger partial charge in [0.25, 0.3) is 0 Å². The van der Waals surface area contributed by atoms with Gasteiger partial charge >= 0.3 is 5.97 Å². The lowest BCUT2D eigenvalue weighted by atomic mass is 9.97. The molecule has 1 aliphatic rings. The molecule has 0 aliphatic heterocycles. The van der Waals surface area contributed by atoms with Crippen LogP contribution in [0.3, 0.4) is 0 Å². The fourth-order valence-electron chi connectivity index (χ4n) is 1.31. The zero-order valence-electron chi connectivity index (χ0n) is 7.75. The average molecular weight is 184 g/mol. The van der Waals surface area contributed by atoms with E-state index in [1.54, 1.807) is 0 Å². The molecule has 0 heterocycles. The highest BCUT2D eigenvalue weighted by molar-refractivity contribution is 6.12. The van der Waals surface area contributed by atoms with E-state index in [0.29, 0.717) is 12.8 Å². The normalized spacial score (nSPS) is 17.7. The summed E-state index contributed by atoms with van der Waals surface area (Å²) in [6.07, 6.45) is 0.882. The van der Waals surface area contributed by atoms with Gasteiger partial charge in [0.2, 0.25) is 0 Å². The maximum atomic E-state index is 11.4. The predicted molar refractivity (Wildman–Crippen MR) is 44.0 cm³/mol. The largest absolute Gasteiger partial charge is 0.468 e. The van der Waals surface area contributed by atoms with Gasteiger partial charge in [0.05, 0.1) is 13.5 Å². The Morgan fingerprint density at radius 2 is 1.85 bits per heavy atom. The van der Waals surface area contributed by atoms with Gasteiger partial charge in [-0.05, 0) is 19.8 Å². The number of rotatable bonds is 4. The molecular formula is C9H12O4. The second-order valence-electron chi connectivity index (χ2n) is 3.38. The molecule has 4 heteroatoms. The number of hydrogen-bond acceptors (Lipinski definition) is 4. The molecule has 0 aromatic rings. The lowest BCUT2D eigenvalue weighted by Crippen LogP contribution is -2.28. The van der Waals surface area contributed by atoms with Gasteiger partial charge in [-0.25, -0.2) is 0 Å². The highest BCUT2D eigenvalue weighted by atomic mass is 16.5. The van der Waals surface area contributed by atoms with Crippen molar-refractivity contribution in [2.45, 2.75) is 26.2 Å². The quantitative estimate of drug-likeness (QED) is 0.471. The Bertz CT molecular complexity index is 263. The topological polar surface area (TPSA) is 60.4 Å². The molecular weight excluding hydrogens is 172 g/mol. The number of esters is 1. The number of methoxy groups -OCH3 is 1. The molecule has 13 heavy (non-hydrogen) atoms. The lowest BCUT2D eigenvalue weighted by Gasteiger charge is -2.09. The average Bonchev–Trinajstić information content (AvgIpc) is 2.82. The third-order valence-electron chi connectivity index (χ3n) is 2.27.